The van der Waals surface area contributed by atoms with Crippen LogP contribution in [0.15, 0.2) is 12.1 Å². The third-order valence-electron chi connectivity index (χ3n) is 3.66. The number of aliphatic hydroxyl groups excluding tert-OH is 2. The molecule has 1 fully saturated rings. The molecule has 1 aromatic heterocycles. The Morgan fingerprint density at radius 3 is 3.00 bits per heavy atom. The van der Waals surface area contributed by atoms with Gasteiger partial charge in [-0.3, -0.25) is 4.90 Å². The molecule has 1 atom stereocenters. The van der Waals surface area contributed by atoms with Crippen molar-refractivity contribution < 1.29 is 10.2 Å². The van der Waals surface area contributed by atoms with Gasteiger partial charge in [-0.2, -0.15) is 0 Å². The molecule has 0 bridgehead atoms. The van der Waals surface area contributed by atoms with E-state index in [9.17, 15) is 0 Å². The van der Waals surface area contributed by atoms with E-state index in [4.69, 9.17) is 10.2 Å². The van der Waals surface area contributed by atoms with E-state index in [0.717, 1.165) is 24.3 Å². The predicted octanol–water partition coefficient (Wildman–Crippen LogP) is 2.22. The van der Waals surface area contributed by atoms with E-state index in [1.807, 2.05) is 0 Å². The monoisotopic (exact) mass is 293 g/mol. The van der Waals surface area contributed by atoms with Crippen LogP contribution < -0.4 is 0 Å². The second-order valence-electron chi connectivity index (χ2n) is 5.17. The molecule has 1 aliphatic rings. The molecule has 0 aliphatic carbocycles. The van der Waals surface area contributed by atoms with Crippen molar-refractivity contribution in [3.8, 4) is 11.8 Å². The van der Waals surface area contributed by atoms with Crippen LogP contribution in [-0.4, -0.2) is 40.9 Å². The normalized spacial score (nSPS) is 19.0. The molecule has 1 saturated heterocycles. The van der Waals surface area contributed by atoms with E-state index < -0.39 is 0 Å². The lowest BCUT2D eigenvalue weighted by molar-refractivity contribution is 0.211. The molecule has 2 rings (SSSR count). The zero-order valence-electron chi connectivity index (χ0n) is 11.8. The summed E-state index contributed by atoms with van der Waals surface area (Å²) in [6, 6.07) is 4.87. The minimum Gasteiger partial charge on any atom is -0.396 e. The van der Waals surface area contributed by atoms with E-state index in [1.54, 1.807) is 11.3 Å². The summed E-state index contributed by atoms with van der Waals surface area (Å²) in [5, 5.41) is 17.7. The van der Waals surface area contributed by atoms with Crippen LogP contribution in [0.1, 0.15) is 41.9 Å². The Morgan fingerprint density at radius 2 is 2.20 bits per heavy atom. The standard InChI is InChI=1S/C16H23NO2S/c18-11-2-1-7-15-8-9-16(20-15)13-17-10-3-5-14(17)6-4-12-19/h8-9,14,18-19H,2-6,10-13H2. The van der Waals surface area contributed by atoms with Crippen molar-refractivity contribution in [2.75, 3.05) is 19.8 Å². The van der Waals surface area contributed by atoms with Gasteiger partial charge in [-0.15, -0.1) is 11.3 Å². The molecule has 20 heavy (non-hydrogen) atoms. The van der Waals surface area contributed by atoms with Crippen LogP contribution in [0.5, 0.6) is 0 Å². The molecule has 0 amide bonds. The van der Waals surface area contributed by atoms with E-state index in [2.05, 4.69) is 28.9 Å². The fourth-order valence-corrected chi connectivity index (χ4v) is 3.60. The average Bonchev–Trinajstić information content (AvgIpc) is 3.07. The molecule has 4 heteroatoms. The minimum atomic E-state index is 0.131. The minimum absolute atomic E-state index is 0.131. The summed E-state index contributed by atoms with van der Waals surface area (Å²) >= 11 is 1.75. The lowest BCUT2D eigenvalue weighted by Crippen LogP contribution is -2.28. The average molecular weight is 293 g/mol. The summed E-state index contributed by atoms with van der Waals surface area (Å²) in [4.78, 5) is 4.97. The number of thiophene rings is 1. The van der Waals surface area contributed by atoms with Crippen LogP contribution in [0, 0.1) is 11.8 Å². The number of rotatable bonds is 6. The summed E-state index contributed by atoms with van der Waals surface area (Å²) < 4.78 is 0. The third kappa shape index (κ3) is 4.60. The van der Waals surface area contributed by atoms with Gasteiger partial charge in [-0.05, 0) is 44.4 Å². The van der Waals surface area contributed by atoms with Gasteiger partial charge >= 0.3 is 0 Å². The third-order valence-corrected chi connectivity index (χ3v) is 4.65. The van der Waals surface area contributed by atoms with E-state index in [1.165, 1.54) is 24.3 Å². The summed E-state index contributed by atoms with van der Waals surface area (Å²) in [5.74, 6) is 6.06. The first-order chi connectivity index (χ1) is 9.83. The van der Waals surface area contributed by atoms with Gasteiger partial charge in [-0.1, -0.05) is 11.8 Å². The maximum Gasteiger partial charge on any atom is 0.0771 e. The topological polar surface area (TPSA) is 43.7 Å². The van der Waals surface area contributed by atoms with Crippen LogP contribution in [0.4, 0.5) is 0 Å². The quantitative estimate of drug-likeness (QED) is 0.791. The zero-order chi connectivity index (χ0) is 14.2. The van der Waals surface area contributed by atoms with Gasteiger partial charge in [0.05, 0.1) is 11.5 Å². The SMILES string of the molecule is OCCC#Cc1ccc(CN2CCCC2CCCO)s1. The highest BCUT2D eigenvalue weighted by Crippen LogP contribution is 2.26. The Bertz CT molecular complexity index is 461. The summed E-state index contributed by atoms with van der Waals surface area (Å²) in [6.07, 6.45) is 5.08. The van der Waals surface area contributed by atoms with Gasteiger partial charge in [0.2, 0.25) is 0 Å². The van der Waals surface area contributed by atoms with Gasteiger partial charge < -0.3 is 10.2 Å². The maximum absolute atomic E-state index is 8.96. The Kier molecular flexibility index (Phi) is 6.55. The first-order valence-corrected chi connectivity index (χ1v) is 8.18. The molecule has 0 saturated carbocycles. The molecule has 2 heterocycles. The van der Waals surface area contributed by atoms with Crippen molar-refractivity contribution in [3.05, 3.63) is 21.9 Å². The Hall–Kier alpha value is -0.860. The van der Waals surface area contributed by atoms with Crippen molar-refractivity contribution in [3.63, 3.8) is 0 Å². The van der Waals surface area contributed by atoms with Crippen molar-refractivity contribution >= 4 is 11.3 Å². The number of hydrogen-bond acceptors (Lipinski definition) is 4. The summed E-state index contributed by atoms with van der Waals surface area (Å²) in [7, 11) is 0. The molecule has 1 aromatic rings. The summed E-state index contributed by atoms with van der Waals surface area (Å²) in [6.45, 7) is 2.60. The Balaban J connectivity index is 1.88. The number of nitrogens with zero attached hydrogens (tertiary/aromatic N) is 1. The van der Waals surface area contributed by atoms with Gasteiger partial charge in [0.1, 0.15) is 0 Å². The lowest BCUT2D eigenvalue weighted by Gasteiger charge is -2.23. The molecule has 0 aromatic carbocycles. The van der Waals surface area contributed by atoms with Crippen LogP contribution in [0.2, 0.25) is 0 Å². The highest BCUT2D eigenvalue weighted by molar-refractivity contribution is 7.12. The van der Waals surface area contributed by atoms with Gasteiger partial charge in [0, 0.05) is 30.5 Å². The summed E-state index contributed by atoms with van der Waals surface area (Å²) in [5.41, 5.74) is 0. The molecule has 3 nitrogen and oxygen atoms in total. The highest BCUT2D eigenvalue weighted by atomic mass is 32.1. The Morgan fingerprint density at radius 1 is 1.30 bits per heavy atom. The van der Waals surface area contributed by atoms with Gasteiger partial charge in [0.15, 0.2) is 0 Å². The second-order valence-corrected chi connectivity index (χ2v) is 6.34. The van der Waals surface area contributed by atoms with E-state index in [0.29, 0.717) is 19.1 Å². The first-order valence-electron chi connectivity index (χ1n) is 7.37. The van der Waals surface area contributed by atoms with Crippen molar-refractivity contribution in [1.82, 2.24) is 4.90 Å². The van der Waals surface area contributed by atoms with Gasteiger partial charge in [-0.25, -0.2) is 0 Å². The van der Waals surface area contributed by atoms with Crippen LogP contribution in [0.25, 0.3) is 0 Å². The largest absolute Gasteiger partial charge is 0.396 e. The molecule has 0 radical (unpaired) electrons. The number of likely N-dealkylation sites (tertiary alicyclic amines) is 1. The fourth-order valence-electron chi connectivity index (χ4n) is 2.69. The molecular weight excluding hydrogens is 270 g/mol. The first kappa shape index (κ1) is 15.5. The molecule has 2 N–H and O–H groups in total. The zero-order valence-corrected chi connectivity index (χ0v) is 12.7. The van der Waals surface area contributed by atoms with Crippen molar-refractivity contribution in [2.45, 2.75) is 44.7 Å². The maximum atomic E-state index is 8.96. The van der Waals surface area contributed by atoms with E-state index >= 15 is 0 Å². The van der Waals surface area contributed by atoms with Gasteiger partial charge in [0.25, 0.3) is 0 Å². The van der Waals surface area contributed by atoms with Crippen LogP contribution >= 0.6 is 11.3 Å². The second kappa shape index (κ2) is 8.43. The molecule has 110 valence electrons. The molecular formula is C16H23NO2S. The smallest absolute Gasteiger partial charge is 0.0771 e. The van der Waals surface area contributed by atoms with Crippen LogP contribution in [0.3, 0.4) is 0 Å². The number of aliphatic hydroxyl groups is 2. The van der Waals surface area contributed by atoms with Crippen molar-refractivity contribution in [2.24, 2.45) is 0 Å². The lowest BCUT2D eigenvalue weighted by atomic mass is 10.1. The molecule has 1 aliphatic heterocycles. The predicted molar refractivity (Wildman–Crippen MR) is 82.7 cm³/mol. The Labute approximate surface area is 125 Å². The van der Waals surface area contributed by atoms with Crippen LogP contribution in [-0.2, 0) is 6.54 Å². The molecule has 1 unspecified atom stereocenters. The number of hydrogen-bond donors (Lipinski definition) is 2. The highest BCUT2D eigenvalue weighted by Gasteiger charge is 2.24. The fraction of sp³-hybridized carbons (Fsp3) is 0.625. The van der Waals surface area contributed by atoms with E-state index in [-0.39, 0.29) is 6.61 Å². The molecule has 0 spiro atoms. The van der Waals surface area contributed by atoms with Crippen molar-refractivity contribution in [1.29, 1.82) is 0 Å².